The Labute approximate surface area is 92.5 Å². The molecule has 0 spiro atoms. The van der Waals surface area contributed by atoms with Gasteiger partial charge in [0.15, 0.2) is 0 Å². The third-order valence-corrected chi connectivity index (χ3v) is 2.86. The zero-order chi connectivity index (χ0) is 11.3. The second-order valence-corrected chi connectivity index (χ2v) is 4.90. The van der Waals surface area contributed by atoms with E-state index < -0.39 is 0 Å². The smallest absolute Gasteiger partial charge is 0.120 e. The first-order chi connectivity index (χ1) is 7.08. The fraction of sp³-hybridized carbons (Fsp3) is 0.500. The van der Waals surface area contributed by atoms with Gasteiger partial charge in [-0.15, -0.1) is 0 Å². The van der Waals surface area contributed by atoms with E-state index in [0.29, 0.717) is 12.3 Å². The van der Waals surface area contributed by atoms with Crippen molar-refractivity contribution in [3.63, 3.8) is 0 Å². The second kappa shape index (κ2) is 5.11. The van der Waals surface area contributed by atoms with E-state index in [9.17, 15) is 4.79 Å². The van der Waals surface area contributed by atoms with Crippen molar-refractivity contribution in [3.05, 3.63) is 35.9 Å². The van der Waals surface area contributed by atoms with Gasteiger partial charge in [0.2, 0.25) is 0 Å². The van der Waals surface area contributed by atoms with Crippen LogP contribution in [0.5, 0.6) is 0 Å². The van der Waals surface area contributed by atoms with E-state index in [-0.39, 0.29) is 5.41 Å². The van der Waals surface area contributed by atoms with Crippen LogP contribution in [0.25, 0.3) is 0 Å². The minimum absolute atomic E-state index is 0.00280. The van der Waals surface area contributed by atoms with Crippen LogP contribution in [0.15, 0.2) is 30.3 Å². The Kier molecular flexibility index (Phi) is 4.07. The molecule has 1 nitrogen and oxygen atoms in total. The first kappa shape index (κ1) is 12.0. The van der Waals surface area contributed by atoms with Crippen LogP contribution in [0.1, 0.15) is 39.2 Å². The number of aldehydes is 1. The Morgan fingerprint density at radius 3 is 2.33 bits per heavy atom. The summed E-state index contributed by atoms with van der Waals surface area (Å²) in [4.78, 5) is 10.8. The lowest BCUT2D eigenvalue weighted by Crippen LogP contribution is -2.24. The van der Waals surface area contributed by atoms with Gasteiger partial charge < -0.3 is 4.79 Å². The summed E-state index contributed by atoms with van der Waals surface area (Å²) in [6.07, 6.45) is 2.69. The molecule has 0 aromatic heterocycles. The highest BCUT2D eigenvalue weighted by Crippen LogP contribution is 2.33. The molecule has 0 radical (unpaired) electrons. The van der Waals surface area contributed by atoms with Gasteiger partial charge in [-0.2, -0.15) is 0 Å². The van der Waals surface area contributed by atoms with E-state index in [0.717, 1.165) is 12.7 Å². The predicted molar refractivity (Wildman–Crippen MR) is 63.9 cm³/mol. The zero-order valence-corrected chi connectivity index (χ0v) is 9.86. The molecule has 1 heteroatoms. The van der Waals surface area contributed by atoms with Crippen molar-refractivity contribution < 1.29 is 4.79 Å². The highest BCUT2D eigenvalue weighted by molar-refractivity contribution is 5.53. The number of hydrogen-bond acceptors (Lipinski definition) is 1. The Morgan fingerprint density at radius 1 is 1.27 bits per heavy atom. The molecule has 0 saturated heterocycles. The van der Waals surface area contributed by atoms with Gasteiger partial charge in [-0.3, -0.25) is 0 Å². The maximum Gasteiger partial charge on any atom is 0.120 e. The van der Waals surface area contributed by atoms with Gasteiger partial charge in [0, 0.05) is 6.42 Å². The molecule has 1 aromatic rings. The van der Waals surface area contributed by atoms with Gasteiger partial charge in [-0.25, -0.2) is 0 Å². The van der Waals surface area contributed by atoms with Crippen LogP contribution in [-0.4, -0.2) is 6.29 Å². The summed E-state index contributed by atoms with van der Waals surface area (Å²) >= 11 is 0. The largest absolute Gasteiger partial charge is 0.303 e. The van der Waals surface area contributed by atoms with Gasteiger partial charge in [-0.05, 0) is 23.3 Å². The Hall–Kier alpha value is -1.11. The topological polar surface area (TPSA) is 17.1 Å². The Balaban J connectivity index is 2.95. The molecule has 1 atom stereocenters. The van der Waals surface area contributed by atoms with E-state index in [2.05, 4.69) is 32.9 Å². The highest BCUT2D eigenvalue weighted by Gasteiger charge is 2.26. The lowest BCUT2D eigenvalue weighted by molar-refractivity contribution is -0.108. The summed E-state index contributed by atoms with van der Waals surface area (Å²) in [5.74, 6) is 0.607. The molecule has 82 valence electrons. The summed E-state index contributed by atoms with van der Waals surface area (Å²) in [6, 6.07) is 10.3. The summed E-state index contributed by atoms with van der Waals surface area (Å²) in [6.45, 7) is 6.58. The van der Waals surface area contributed by atoms with Crippen molar-refractivity contribution in [2.45, 2.75) is 39.0 Å². The molecule has 0 heterocycles. The quantitative estimate of drug-likeness (QED) is 0.670. The van der Waals surface area contributed by atoms with Gasteiger partial charge >= 0.3 is 0 Å². The molecule has 0 aliphatic rings. The minimum Gasteiger partial charge on any atom is -0.303 e. The van der Waals surface area contributed by atoms with Crippen LogP contribution in [0, 0.1) is 5.92 Å². The van der Waals surface area contributed by atoms with Crippen molar-refractivity contribution in [2.24, 2.45) is 5.92 Å². The number of hydrogen-bond donors (Lipinski definition) is 0. The molecular weight excluding hydrogens is 184 g/mol. The van der Waals surface area contributed by atoms with E-state index >= 15 is 0 Å². The number of rotatable bonds is 5. The maximum atomic E-state index is 10.8. The van der Waals surface area contributed by atoms with Gasteiger partial charge in [-0.1, -0.05) is 51.1 Å². The van der Waals surface area contributed by atoms with E-state index in [1.54, 1.807) is 0 Å². The average Bonchev–Trinajstić information content (AvgIpc) is 2.18. The minimum atomic E-state index is -0.00280. The molecule has 15 heavy (non-hydrogen) atoms. The predicted octanol–water partition coefficient (Wildman–Crippen LogP) is 3.58. The third-order valence-electron chi connectivity index (χ3n) is 2.86. The lowest BCUT2D eigenvalue weighted by atomic mass is 9.74. The summed E-state index contributed by atoms with van der Waals surface area (Å²) in [7, 11) is 0. The van der Waals surface area contributed by atoms with E-state index in [1.165, 1.54) is 5.56 Å². The Bertz CT molecular complexity index is 302. The fourth-order valence-electron chi connectivity index (χ4n) is 2.24. The number of benzene rings is 1. The van der Waals surface area contributed by atoms with Gasteiger partial charge in [0.1, 0.15) is 6.29 Å². The second-order valence-electron chi connectivity index (χ2n) is 4.90. The van der Waals surface area contributed by atoms with Crippen LogP contribution >= 0.6 is 0 Å². The maximum absolute atomic E-state index is 10.8. The lowest BCUT2D eigenvalue weighted by Gasteiger charge is -2.30. The molecule has 0 saturated carbocycles. The molecule has 0 aliphatic carbocycles. The monoisotopic (exact) mass is 204 g/mol. The van der Waals surface area contributed by atoms with Crippen LogP contribution in [0.2, 0.25) is 0 Å². The molecule has 1 aromatic carbocycles. The van der Waals surface area contributed by atoms with Crippen LogP contribution in [0.4, 0.5) is 0 Å². The molecular formula is C14H20O. The summed E-state index contributed by atoms with van der Waals surface area (Å²) < 4.78 is 0. The first-order valence-corrected chi connectivity index (χ1v) is 5.57. The first-order valence-electron chi connectivity index (χ1n) is 5.57. The number of carbonyl (C=O) groups is 1. The fourth-order valence-corrected chi connectivity index (χ4v) is 2.24. The number of carbonyl (C=O) groups excluding carboxylic acids is 1. The molecule has 0 fully saturated rings. The van der Waals surface area contributed by atoms with Crippen molar-refractivity contribution in [3.8, 4) is 0 Å². The van der Waals surface area contributed by atoms with Crippen LogP contribution in [0.3, 0.4) is 0 Å². The molecule has 0 N–H and O–H groups in total. The standard InChI is InChI=1S/C14H20O/c1-12(2)11-14(3,9-10-15)13-7-5-4-6-8-13/h4-8,10,12H,9,11H2,1-3H3. The van der Waals surface area contributed by atoms with Crippen molar-refractivity contribution >= 4 is 6.29 Å². The molecule has 1 rings (SSSR count). The Morgan fingerprint density at radius 2 is 1.87 bits per heavy atom. The third kappa shape index (κ3) is 3.19. The van der Waals surface area contributed by atoms with Crippen molar-refractivity contribution in [1.29, 1.82) is 0 Å². The van der Waals surface area contributed by atoms with Crippen molar-refractivity contribution in [2.75, 3.05) is 0 Å². The highest BCUT2D eigenvalue weighted by atomic mass is 16.1. The summed E-state index contributed by atoms with van der Waals surface area (Å²) in [5.41, 5.74) is 1.27. The average molecular weight is 204 g/mol. The van der Waals surface area contributed by atoms with Crippen LogP contribution in [-0.2, 0) is 10.2 Å². The van der Waals surface area contributed by atoms with E-state index in [4.69, 9.17) is 0 Å². The van der Waals surface area contributed by atoms with Crippen molar-refractivity contribution in [1.82, 2.24) is 0 Å². The van der Waals surface area contributed by atoms with Gasteiger partial charge in [0.05, 0.1) is 0 Å². The summed E-state index contributed by atoms with van der Waals surface area (Å²) in [5, 5.41) is 0. The SMILES string of the molecule is CC(C)CC(C)(CC=O)c1ccccc1. The van der Waals surface area contributed by atoms with Gasteiger partial charge in [0.25, 0.3) is 0 Å². The molecule has 1 unspecified atom stereocenters. The zero-order valence-electron chi connectivity index (χ0n) is 9.86. The van der Waals surface area contributed by atoms with E-state index in [1.807, 2.05) is 18.2 Å². The molecule has 0 bridgehead atoms. The molecule has 0 amide bonds. The van der Waals surface area contributed by atoms with Crippen LogP contribution < -0.4 is 0 Å². The normalized spacial score (nSPS) is 14.9. The molecule has 0 aliphatic heterocycles.